The third-order valence-corrected chi connectivity index (χ3v) is 2.63. The highest BCUT2D eigenvalue weighted by Gasteiger charge is 2.47. The highest BCUT2D eigenvalue weighted by atomic mass is 19.4. The maximum Gasteiger partial charge on any atom is 0.402 e. The average Bonchev–Trinajstić information content (AvgIpc) is 2.44. The topological polar surface area (TPSA) is 61.8 Å². The number of carbonyl (C=O) groups is 2. The van der Waals surface area contributed by atoms with Crippen molar-refractivity contribution in [1.82, 2.24) is 0 Å². The van der Waals surface area contributed by atoms with Gasteiger partial charge >= 0.3 is 18.1 Å². The predicted molar refractivity (Wildman–Crippen MR) is 69.4 cm³/mol. The lowest BCUT2D eigenvalue weighted by Gasteiger charge is -2.17. The molecule has 1 aromatic carbocycles. The van der Waals surface area contributed by atoms with Crippen LogP contribution in [-0.2, 0) is 14.3 Å². The molecule has 1 atom stereocenters. The van der Waals surface area contributed by atoms with Gasteiger partial charge in [-0.05, 0) is 31.2 Å². The van der Waals surface area contributed by atoms with Crippen molar-refractivity contribution in [3.05, 3.63) is 24.3 Å². The van der Waals surface area contributed by atoms with E-state index in [9.17, 15) is 22.8 Å². The largest absolute Gasteiger partial charge is 0.497 e. The fraction of sp³-hybridized carbons (Fsp3) is 0.429. The average molecular weight is 320 g/mol. The van der Waals surface area contributed by atoms with Gasteiger partial charge in [-0.3, -0.25) is 9.59 Å². The molecule has 0 heterocycles. The molecule has 0 aliphatic heterocycles. The van der Waals surface area contributed by atoms with Crippen LogP contribution in [0.5, 0.6) is 11.5 Å². The van der Waals surface area contributed by atoms with Gasteiger partial charge in [0.15, 0.2) is 5.92 Å². The predicted octanol–water partition coefficient (Wildman–Crippen LogP) is 2.73. The number of hydrogen-bond acceptors (Lipinski definition) is 5. The molecule has 0 amide bonds. The Labute approximate surface area is 125 Å². The smallest absolute Gasteiger partial charge is 0.402 e. The lowest BCUT2D eigenvalue weighted by atomic mass is 10.1. The Kier molecular flexibility index (Phi) is 6.21. The van der Waals surface area contributed by atoms with Crippen LogP contribution in [0.3, 0.4) is 0 Å². The van der Waals surface area contributed by atoms with Gasteiger partial charge in [-0.15, -0.1) is 0 Å². The summed E-state index contributed by atoms with van der Waals surface area (Å²) in [6, 6.07) is 5.69. The molecule has 1 unspecified atom stereocenters. The molecule has 1 rings (SSSR count). The number of halogens is 3. The Morgan fingerprint density at radius 2 is 1.68 bits per heavy atom. The highest BCUT2D eigenvalue weighted by molar-refractivity contribution is 5.81. The third kappa shape index (κ3) is 5.27. The number of esters is 2. The van der Waals surface area contributed by atoms with Gasteiger partial charge in [-0.2, -0.15) is 13.2 Å². The summed E-state index contributed by atoms with van der Waals surface area (Å²) < 4.78 is 52.3. The summed E-state index contributed by atoms with van der Waals surface area (Å²) in [6.45, 7) is 1.17. The number of carbonyl (C=O) groups excluding carboxylic acids is 2. The number of benzene rings is 1. The van der Waals surface area contributed by atoms with Crippen molar-refractivity contribution >= 4 is 11.9 Å². The molecule has 0 bridgehead atoms. The quantitative estimate of drug-likeness (QED) is 0.596. The van der Waals surface area contributed by atoms with E-state index in [4.69, 9.17) is 9.47 Å². The second-order valence-electron chi connectivity index (χ2n) is 4.20. The molecule has 0 saturated carbocycles. The van der Waals surface area contributed by atoms with E-state index in [0.29, 0.717) is 5.75 Å². The van der Waals surface area contributed by atoms with Gasteiger partial charge < -0.3 is 14.2 Å². The maximum atomic E-state index is 12.8. The van der Waals surface area contributed by atoms with E-state index in [-0.39, 0.29) is 12.4 Å². The molecule has 5 nitrogen and oxygen atoms in total. The highest BCUT2D eigenvalue weighted by Crippen LogP contribution is 2.30. The van der Waals surface area contributed by atoms with Crippen LogP contribution in [0, 0.1) is 5.92 Å². The number of methoxy groups -OCH3 is 1. The molecular formula is C14H15F3O5. The van der Waals surface area contributed by atoms with Crippen LogP contribution in [0.4, 0.5) is 13.2 Å². The minimum absolute atomic E-state index is 0.0515. The Balaban J connectivity index is 2.72. The van der Waals surface area contributed by atoms with Crippen LogP contribution in [0.1, 0.15) is 13.3 Å². The van der Waals surface area contributed by atoms with Crippen molar-refractivity contribution in [3.8, 4) is 11.5 Å². The lowest BCUT2D eigenvalue weighted by molar-refractivity contribution is -0.201. The third-order valence-electron chi connectivity index (χ3n) is 2.63. The van der Waals surface area contributed by atoms with Crippen molar-refractivity contribution in [2.75, 3.05) is 13.7 Å². The van der Waals surface area contributed by atoms with Gasteiger partial charge in [-0.1, -0.05) is 0 Å². The van der Waals surface area contributed by atoms with Gasteiger partial charge in [0, 0.05) is 0 Å². The van der Waals surface area contributed by atoms with Gasteiger partial charge in [0.1, 0.15) is 11.5 Å². The fourth-order valence-electron chi connectivity index (χ4n) is 1.56. The van der Waals surface area contributed by atoms with Crippen LogP contribution >= 0.6 is 0 Å². The first kappa shape index (κ1) is 17.8. The molecule has 0 spiro atoms. The number of hydrogen-bond donors (Lipinski definition) is 0. The standard InChI is InChI=1S/C14H15F3O5/c1-3-21-13(19)11(14(15,16)17)8-12(18)22-10-6-4-9(20-2)5-7-10/h4-7,11H,3,8H2,1-2H3. The molecule has 0 fully saturated rings. The molecule has 0 N–H and O–H groups in total. The summed E-state index contributed by atoms with van der Waals surface area (Å²) in [5.41, 5.74) is 0. The molecule has 0 aliphatic carbocycles. The van der Waals surface area contributed by atoms with Crippen LogP contribution in [0.25, 0.3) is 0 Å². The monoisotopic (exact) mass is 320 g/mol. The van der Waals surface area contributed by atoms with Gasteiger partial charge in [0.25, 0.3) is 0 Å². The number of alkyl halides is 3. The van der Waals surface area contributed by atoms with Crippen LogP contribution in [-0.4, -0.2) is 31.8 Å². The summed E-state index contributed by atoms with van der Waals surface area (Å²) >= 11 is 0. The minimum Gasteiger partial charge on any atom is -0.497 e. The Hall–Kier alpha value is -2.25. The minimum atomic E-state index is -4.88. The summed E-state index contributed by atoms with van der Waals surface area (Å²) in [4.78, 5) is 22.9. The lowest BCUT2D eigenvalue weighted by Crippen LogP contribution is -2.35. The molecule has 8 heteroatoms. The van der Waals surface area contributed by atoms with E-state index >= 15 is 0 Å². The van der Waals surface area contributed by atoms with E-state index in [2.05, 4.69) is 4.74 Å². The second-order valence-corrected chi connectivity index (χ2v) is 4.20. The van der Waals surface area contributed by atoms with Crippen molar-refractivity contribution < 1.29 is 37.0 Å². The Bertz CT molecular complexity index is 510. The molecule has 0 radical (unpaired) electrons. The van der Waals surface area contributed by atoms with E-state index in [1.54, 1.807) is 0 Å². The molecule has 22 heavy (non-hydrogen) atoms. The zero-order valence-corrected chi connectivity index (χ0v) is 12.0. The van der Waals surface area contributed by atoms with E-state index in [1.165, 1.54) is 38.3 Å². The van der Waals surface area contributed by atoms with Crippen molar-refractivity contribution in [2.45, 2.75) is 19.5 Å². The maximum absolute atomic E-state index is 12.8. The first-order valence-electron chi connectivity index (χ1n) is 6.36. The van der Waals surface area contributed by atoms with Crippen molar-refractivity contribution in [1.29, 1.82) is 0 Å². The SMILES string of the molecule is CCOC(=O)C(CC(=O)Oc1ccc(OC)cc1)C(F)(F)F. The number of ether oxygens (including phenoxy) is 3. The van der Waals surface area contributed by atoms with E-state index in [0.717, 1.165) is 0 Å². The molecule has 1 aromatic rings. The summed E-state index contributed by atoms with van der Waals surface area (Å²) in [6.07, 6.45) is -6.03. The van der Waals surface area contributed by atoms with E-state index in [1.807, 2.05) is 0 Å². The molecule has 0 aromatic heterocycles. The first-order chi connectivity index (χ1) is 10.3. The van der Waals surface area contributed by atoms with Crippen LogP contribution < -0.4 is 9.47 Å². The molecule has 0 saturated heterocycles. The molecule has 122 valence electrons. The first-order valence-corrected chi connectivity index (χ1v) is 6.36. The van der Waals surface area contributed by atoms with E-state index < -0.39 is 30.5 Å². The summed E-state index contributed by atoms with van der Waals surface area (Å²) in [7, 11) is 1.44. The fourth-order valence-corrected chi connectivity index (χ4v) is 1.56. The zero-order valence-electron chi connectivity index (χ0n) is 12.0. The summed E-state index contributed by atoms with van der Waals surface area (Å²) in [5.74, 6) is -4.67. The second kappa shape index (κ2) is 7.67. The van der Waals surface area contributed by atoms with Crippen molar-refractivity contribution in [2.24, 2.45) is 5.92 Å². The number of rotatable bonds is 6. The van der Waals surface area contributed by atoms with Gasteiger partial charge in [0.2, 0.25) is 0 Å². The Morgan fingerprint density at radius 3 is 2.14 bits per heavy atom. The van der Waals surface area contributed by atoms with Gasteiger partial charge in [0.05, 0.1) is 20.1 Å². The summed E-state index contributed by atoms with van der Waals surface area (Å²) in [5, 5.41) is 0. The van der Waals surface area contributed by atoms with Crippen molar-refractivity contribution in [3.63, 3.8) is 0 Å². The van der Waals surface area contributed by atoms with Gasteiger partial charge in [-0.25, -0.2) is 0 Å². The molecular weight excluding hydrogens is 305 g/mol. The van der Waals surface area contributed by atoms with Crippen LogP contribution in [0.2, 0.25) is 0 Å². The normalized spacial score (nSPS) is 12.4. The zero-order chi connectivity index (χ0) is 16.8. The molecule has 0 aliphatic rings. The van der Waals surface area contributed by atoms with Crippen LogP contribution in [0.15, 0.2) is 24.3 Å². The Morgan fingerprint density at radius 1 is 1.14 bits per heavy atom.